The highest BCUT2D eigenvalue weighted by molar-refractivity contribution is 4.87. The molecular formula is C10H20N2O. The number of nitrogens with one attached hydrogen (secondary N) is 1. The second-order valence-electron chi connectivity index (χ2n) is 4.55. The lowest BCUT2D eigenvalue weighted by molar-refractivity contribution is 0.00338. The van der Waals surface area contributed by atoms with Crippen LogP contribution in [0.3, 0.4) is 0 Å². The molecule has 76 valence electrons. The molecule has 2 rings (SSSR count). The Morgan fingerprint density at radius 1 is 1.23 bits per heavy atom. The van der Waals surface area contributed by atoms with Crippen LogP contribution in [0.15, 0.2) is 0 Å². The average molecular weight is 184 g/mol. The van der Waals surface area contributed by atoms with E-state index in [4.69, 9.17) is 0 Å². The molecule has 1 atom stereocenters. The standard InChI is InChI=1S/C10H20N2O/c1-12-4-2-8(3-5-12)10(13)9-6-11-7-9/h8-11,13H,2-7H2,1H3. The molecule has 0 aliphatic carbocycles. The predicted octanol–water partition coefficient (Wildman–Crippen LogP) is -0.0915. The molecule has 2 saturated heterocycles. The second-order valence-corrected chi connectivity index (χ2v) is 4.55. The normalized spacial score (nSPS) is 30.0. The van der Waals surface area contributed by atoms with Gasteiger partial charge in [-0.3, -0.25) is 0 Å². The minimum Gasteiger partial charge on any atom is -0.392 e. The number of rotatable bonds is 2. The molecule has 0 bridgehead atoms. The Balaban J connectivity index is 1.79. The van der Waals surface area contributed by atoms with Crippen LogP contribution in [0.5, 0.6) is 0 Å². The van der Waals surface area contributed by atoms with Crippen LogP contribution in [-0.2, 0) is 0 Å². The third-order valence-corrected chi connectivity index (χ3v) is 3.54. The molecule has 0 aromatic carbocycles. The van der Waals surface area contributed by atoms with E-state index in [1.54, 1.807) is 0 Å². The van der Waals surface area contributed by atoms with E-state index in [-0.39, 0.29) is 6.10 Å². The largest absolute Gasteiger partial charge is 0.392 e. The molecule has 0 spiro atoms. The Hall–Kier alpha value is -0.120. The molecule has 3 heteroatoms. The first-order chi connectivity index (χ1) is 6.27. The van der Waals surface area contributed by atoms with E-state index < -0.39 is 0 Å². The molecular weight excluding hydrogens is 164 g/mol. The van der Waals surface area contributed by atoms with Crippen LogP contribution in [0.4, 0.5) is 0 Å². The Morgan fingerprint density at radius 3 is 2.31 bits per heavy atom. The summed E-state index contributed by atoms with van der Waals surface area (Å²) in [6.07, 6.45) is 2.30. The summed E-state index contributed by atoms with van der Waals surface area (Å²) in [5, 5.41) is 13.2. The highest BCUT2D eigenvalue weighted by Gasteiger charge is 2.32. The topological polar surface area (TPSA) is 35.5 Å². The number of aliphatic hydroxyl groups excluding tert-OH is 1. The van der Waals surface area contributed by atoms with Gasteiger partial charge < -0.3 is 15.3 Å². The molecule has 0 aromatic heterocycles. The Labute approximate surface area is 80.1 Å². The van der Waals surface area contributed by atoms with Crippen LogP contribution in [-0.4, -0.2) is 49.3 Å². The molecule has 1 unspecified atom stereocenters. The monoisotopic (exact) mass is 184 g/mol. The van der Waals surface area contributed by atoms with Gasteiger partial charge in [-0.15, -0.1) is 0 Å². The van der Waals surface area contributed by atoms with E-state index in [0.29, 0.717) is 11.8 Å². The van der Waals surface area contributed by atoms with Crippen molar-refractivity contribution in [2.24, 2.45) is 11.8 Å². The first-order valence-electron chi connectivity index (χ1n) is 5.34. The van der Waals surface area contributed by atoms with Gasteiger partial charge in [0.1, 0.15) is 0 Å². The van der Waals surface area contributed by atoms with Crippen molar-refractivity contribution in [2.45, 2.75) is 18.9 Å². The third kappa shape index (κ3) is 2.03. The number of hydrogen-bond acceptors (Lipinski definition) is 3. The molecule has 3 nitrogen and oxygen atoms in total. The fourth-order valence-corrected chi connectivity index (χ4v) is 2.31. The van der Waals surface area contributed by atoms with Crippen molar-refractivity contribution >= 4 is 0 Å². The SMILES string of the molecule is CN1CCC(C(O)C2CNC2)CC1. The lowest BCUT2D eigenvalue weighted by atomic mass is 9.82. The van der Waals surface area contributed by atoms with Gasteiger partial charge >= 0.3 is 0 Å². The van der Waals surface area contributed by atoms with Crippen LogP contribution in [0.2, 0.25) is 0 Å². The second kappa shape index (κ2) is 3.95. The van der Waals surface area contributed by atoms with Gasteiger partial charge in [0.15, 0.2) is 0 Å². The quantitative estimate of drug-likeness (QED) is 0.629. The maximum atomic E-state index is 10.0. The van der Waals surface area contributed by atoms with Crippen molar-refractivity contribution < 1.29 is 5.11 Å². The summed E-state index contributed by atoms with van der Waals surface area (Å²) >= 11 is 0. The summed E-state index contributed by atoms with van der Waals surface area (Å²) in [5.41, 5.74) is 0. The van der Waals surface area contributed by atoms with Gasteiger partial charge in [-0.1, -0.05) is 0 Å². The van der Waals surface area contributed by atoms with E-state index in [9.17, 15) is 5.11 Å². The zero-order chi connectivity index (χ0) is 9.26. The molecule has 0 amide bonds. The molecule has 13 heavy (non-hydrogen) atoms. The molecule has 2 N–H and O–H groups in total. The zero-order valence-electron chi connectivity index (χ0n) is 8.37. The molecule has 2 aliphatic heterocycles. The van der Waals surface area contributed by atoms with E-state index in [1.165, 1.54) is 12.8 Å². The van der Waals surface area contributed by atoms with Crippen LogP contribution in [0.25, 0.3) is 0 Å². The Bertz CT molecular complexity index is 162. The summed E-state index contributed by atoms with van der Waals surface area (Å²) in [7, 11) is 2.16. The number of aliphatic hydroxyl groups is 1. The van der Waals surface area contributed by atoms with Gasteiger partial charge in [0.25, 0.3) is 0 Å². The fraction of sp³-hybridized carbons (Fsp3) is 1.00. The minimum absolute atomic E-state index is 0.0463. The van der Waals surface area contributed by atoms with Gasteiger partial charge in [0.2, 0.25) is 0 Å². The van der Waals surface area contributed by atoms with Crippen molar-refractivity contribution in [3.05, 3.63) is 0 Å². The Kier molecular flexibility index (Phi) is 2.86. The average Bonchev–Trinajstić information content (AvgIpc) is 2.02. The Morgan fingerprint density at radius 2 is 1.85 bits per heavy atom. The highest BCUT2D eigenvalue weighted by atomic mass is 16.3. The lowest BCUT2D eigenvalue weighted by Crippen LogP contribution is -2.52. The van der Waals surface area contributed by atoms with Crippen LogP contribution in [0, 0.1) is 11.8 Å². The van der Waals surface area contributed by atoms with Gasteiger partial charge in [-0.25, -0.2) is 0 Å². The summed E-state index contributed by atoms with van der Waals surface area (Å²) in [6.45, 7) is 4.35. The summed E-state index contributed by atoms with van der Waals surface area (Å²) in [4.78, 5) is 2.35. The molecule has 2 heterocycles. The molecule has 2 aliphatic rings. The third-order valence-electron chi connectivity index (χ3n) is 3.54. The first kappa shape index (κ1) is 9.44. The highest BCUT2D eigenvalue weighted by Crippen LogP contribution is 2.25. The number of piperidine rings is 1. The number of nitrogens with zero attached hydrogens (tertiary/aromatic N) is 1. The van der Waals surface area contributed by atoms with E-state index in [1.807, 2.05) is 0 Å². The molecule has 0 radical (unpaired) electrons. The summed E-state index contributed by atoms with van der Waals surface area (Å²) < 4.78 is 0. The van der Waals surface area contributed by atoms with Crippen molar-refractivity contribution in [3.63, 3.8) is 0 Å². The summed E-state index contributed by atoms with van der Waals surface area (Å²) in [5.74, 6) is 1.09. The van der Waals surface area contributed by atoms with E-state index >= 15 is 0 Å². The van der Waals surface area contributed by atoms with Crippen LogP contribution >= 0.6 is 0 Å². The first-order valence-corrected chi connectivity index (χ1v) is 5.34. The number of hydrogen-bond donors (Lipinski definition) is 2. The van der Waals surface area contributed by atoms with Gasteiger partial charge in [-0.05, 0) is 38.9 Å². The van der Waals surface area contributed by atoms with Crippen molar-refractivity contribution in [1.82, 2.24) is 10.2 Å². The minimum atomic E-state index is -0.0463. The maximum Gasteiger partial charge on any atom is 0.0621 e. The molecule has 0 saturated carbocycles. The maximum absolute atomic E-state index is 10.0. The van der Waals surface area contributed by atoms with Gasteiger partial charge in [-0.2, -0.15) is 0 Å². The lowest BCUT2D eigenvalue weighted by Gasteiger charge is -2.39. The fourth-order valence-electron chi connectivity index (χ4n) is 2.31. The zero-order valence-corrected chi connectivity index (χ0v) is 8.37. The van der Waals surface area contributed by atoms with Crippen LogP contribution in [0.1, 0.15) is 12.8 Å². The molecule has 0 aromatic rings. The van der Waals surface area contributed by atoms with Crippen molar-refractivity contribution in [3.8, 4) is 0 Å². The van der Waals surface area contributed by atoms with Crippen molar-refractivity contribution in [1.29, 1.82) is 0 Å². The predicted molar refractivity (Wildman–Crippen MR) is 52.6 cm³/mol. The van der Waals surface area contributed by atoms with Crippen LogP contribution < -0.4 is 5.32 Å². The van der Waals surface area contributed by atoms with Gasteiger partial charge in [0, 0.05) is 19.0 Å². The van der Waals surface area contributed by atoms with E-state index in [2.05, 4.69) is 17.3 Å². The number of likely N-dealkylation sites (tertiary alicyclic amines) is 1. The molecule has 2 fully saturated rings. The van der Waals surface area contributed by atoms with Crippen molar-refractivity contribution in [2.75, 3.05) is 33.2 Å². The van der Waals surface area contributed by atoms with E-state index in [0.717, 1.165) is 26.2 Å². The van der Waals surface area contributed by atoms with Gasteiger partial charge in [0.05, 0.1) is 6.10 Å². The smallest absolute Gasteiger partial charge is 0.0621 e. The summed E-state index contributed by atoms with van der Waals surface area (Å²) in [6, 6.07) is 0.